The first kappa shape index (κ1) is 19.4. The second kappa shape index (κ2) is 8.18. The molecule has 0 aliphatic heterocycles. The Bertz CT molecular complexity index is 1200. The summed E-state index contributed by atoms with van der Waals surface area (Å²) in [6.07, 6.45) is 2.14. The van der Waals surface area contributed by atoms with Crippen molar-refractivity contribution in [1.82, 2.24) is 9.38 Å². The van der Waals surface area contributed by atoms with E-state index in [-0.39, 0.29) is 18.2 Å². The number of thiazole rings is 1. The fraction of sp³-hybridized carbons (Fsp3) is 0.0952. The van der Waals surface area contributed by atoms with Gasteiger partial charge in [-0.3, -0.25) is 14.0 Å². The van der Waals surface area contributed by atoms with Gasteiger partial charge in [-0.05, 0) is 18.2 Å². The van der Waals surface area contributed by atoms with E-state index in [9.17, 15) is 9.59 Å². The van der Waals surface area contributed by atoms with Gasteiger partial charge in [0.2, 0.25) is 11.8 Å². The van der Waals surface area contributed by atoms with Gasteiger partial charge in [0.25, 0.3) is 0 Å². The van der Waals surface area contributed by atoms with Gasteiger partial charge in [-0.1, -0.05) is 46.3 Å². The van der Waals surface area contributed by atoms with Gasteiger partial charge < -0.3 is 10.6 Å². The van der Waals surface area contributed by atoms with Crippen LogP contribution >= 0.6 is 27.3 Å². The minimum atomic E-state index is -0.200. The molecule has 0 fully saturated rings. The maximum Gasteiger partial charge on any atom is 0.230 e. The van der Waals surface area contributed by atoms with E-state index in [2.05, 4.69) is 31.5 Å². The standard InChI is InChI=1S/C21H17BrN4O2S/c1-13(27)23-17-8-7-15(22)9-18(17)24-20(28)10-16-12-29-21-25-19(11-26(16)21)14-5-3-2-4-6-14/h2-9,11-12H,10H2,1H3,(H,23,27)(H,24,28). The first-order valence-electron chi connectivity index (χ1n) is 8.87. The predicted molar refractivity (Wildman–Crippen MR) is 119 cm³/mol. The third kappa shape index (κ3) is 4.38. The number of nitrogens with zero attached hydrogens (tertiary/aromatic N) is 2. The summed E-state index contributed by atoms with van der Waals surface area (Å²) in [5.41, 5.74) is 3.86. The molecule has 0 saturated heterocycles. The first-order chi connectivity index (χ1) is 14.0. The molecule has 0 unspecified atom stereocenters. The molecule has 0 bridgehead atoms. The van der Waals surface area contributed by atoms with Crippen molar-refractivity contribution < 1.29 is 9.59 Å². The number of fused-ring (bicyclic) bond motifs is 1. The third-order valence-electron chi connectivity index (χ3n) is 4.26. The number of amides is 2. The van der Waals surface area contributed by atoms with E-state index in [0.29, 0.717) is 11.4 Å². The molecular weight excluding hydrogens is 452 g/mol. The van der Waals surface area contributed by atoms with Crippen molar-refractivity contribution in [2.24, 2.45) is 0 Å². The van der Waals surface area contributed by atoms with Crippen molar-refractivity contribution in [3.63, 3.8) is 0 Å². The van der Waals surface area contributed by atoms with Gasteiger partial charge in [0.15, 0.2) is 4.96 Å². The van der Waals surface area contributed by atoms with Gasteiger partial charge in [-0.2, -0.15) is 0 Å². The molecule has 2 aromatic carbocycles. The molecule has 0 atom stereocenters. The number of carbonyl (C=O) groups is 2. The highest BCUT2D eigenvalue weighted by molar-refractivity contribution is 9.10. The summed E-state index contributed by atoms with van der Waals surface area (Å²) in [6.45, 7) is 1.43. The van der Waals surface area contributed by atoms with E-state index in [1.807, 2.05) is 46.3 Å². The Kier molecular flexibility index (Phi) is 5.46. The zero-order valence-electron chi connectivity index (χ0n) is 15.5. The lowest BCUT2D eigenvalue weighted by atomic mass is 10.2. The maximum atomic E-state index is 12.7. The lowest BCUT2D eigenvalue weighted by molar-refractivity contribution is -0.116. The Balaban J connectivity index is 1.55. The fourth-order valence-corrected chi connectivity index (χ4v) is 4.22. The molecular formula is C21H17BrN4O2S. The number of imidazole rings is 1. The lowest BCUT2D eigenvalue weighted by Gasteiger charge is -2.12. The quantitative estimate of drug-likeness (QED) is 0.434. The van der Waals surface area contributed by atoms with Gasteiger partial charge >= 0.3 is 0 Å². The number of anilines is 2. The van der Waals surface area contributed by atoms with Crippen LogP contribution in [0.1, 0.15) is 12.6 Å². The van der Waals surface area contributed by atoms with Crippen LogP contribution in [0.4, 0.5) is 11.4 Å². The Hall–Kier alpha value is -2.97. The Morgan fingerprint density at radius 2 is 1.90 bits per heavy atom. The highest BCUT2D eigenvalue weighted by atomic mass is 79.9. The molecule has 4 rings (SSSR count). The summed E-state index contributed by atoms with van der Waals surface area (Å²) in [5, 5.41) is 7.55. The van der Waals surface area contributed by atoms with Crippen LogP contribution in [-0.4, -0.2) is 21.2 Å². The summed E-state index contributed by atoms with van der Waals surface area (Å²) in [6, 6.07) is 15.2. The highest BCUT2D eigenvalue weighted by Gasteiger charge is 2.14. The molecule has 2 N–H and O–H groups in total. The molecule has 146 valence electrons. The molecule has 0 aliphatic carbocycles. The minimum absolute atomic E-state index is 0.177. The number of nitrogens with one attached hydrogen (secondary N) is 2. The molecule has 29 heavy (non-hydrogen) atoms. The normalized spacial score (nSPS) is 10.8. The molecule has 0 spiro atoms. The van der Waals surface area contributed by atoms with Crippen molar-refractivity contribution in [1.29, 1.82) is 0 Å². The molecule has 0 aliphatic rings. The lowest BCUT2D eigenvalue weighted by Crippen LogP contribution is -2.17. The fourth-order valence-electron chi connectivity index (χ4n) is 2.98. The topological polar surface area (TPSA) is 75.5 Å². The van der Waals surface area contributed by atoms with Gasteiger partial charge in [-0.15, -0.1) is 11.3 Å². The van der Waals surface area contributed by atoms with Crippen LogP contribution in [0, 0.1) is 0 Å². The van der Waals surface area contributed by atoms with Crippen LogP contribution in [-0.2, 0) is 16.0 Å². The number of hydrogen-bond acceptors (Lipinski definition) is 4. The Morgan fingerprint density at radius 3 is 2.66 bits per heavy atom. The SMILES string of the molecule is CC(=O)Nc1ccc(Br)cc1NC(=O)Cc1csc2nc(-c3ccccc3)cn12. The number of aromatic nitrogens is 2. The van der Waals surface area contributed by atoms with E-state index in [1.54, 1.807) is 18.2 Å². The second-order valence-electron chi connectivity index (χ2n) is 6.47. The molecule has 0 saturated carbocycles. The summed E-state index contributed by atoms with van der Waals surface area (Å²) in [4.78, 5) is 29.6. The Labute approximate surface area is 179 Å². The second-order valence-corrected chi connectivity index (χ2v) is 8.22. The summed E-state index contributed by atoms with van der Waals surface area (Å²) < 4.78 is 2.75. The first-order valence-corrected chi connectivity index (χ1v) is 10.5. The van der Waals surface area contributed by atoms with Gasteiger partial charge in [0.1, 0.15) is 0 Å². The molecule has 6 nitrogen and oxygen atoms in total. The van der Waals surface area contributed by atoms with Gasteiger partial charge in [0, 0.05) is 34.2 Å². The largest absolute Gasteiger partial charge is 0.325 e. The summed E-state index contributed by atoms with van der Waals surface area (Å²) in [5.74, 6) is -0.376. The number of carbonyl (C=O) groups excluding carboxylic acids is 2. The van der Waals surface area contributed by atoms with Crippen molar-refractivity contribution in [2.75, 3.05) is 10.6 Å². The van der Waals surface area contributed by atoms with E-state index in [0.717, 1.165) is 26.4 Å². The summed E-state index contributed by atoms with van der Waals surface area (Å²) in [7, 11) is 0. The van der Waals surface area contributed by atoms with E-state index < -0.39 is 0 Å². The van der Waals surface area contributed by atoms with Crippen LogP contribution < -0.4 is 10.6 Å². The minimum Gasteiger partial charge on any atom is -0.325 e. The van der Waals surface area contributed by atoms with E-state index >= 15 is 0 Å². The zero-order chi connectivity index (χ0) is 20.4. The van der Waals surface area contributed by atoms with Gasteiger partial charge in [-0.25, -0.2) is 4.98 Å². The molecule has 0 radical (unpaired) electrons. The van der Waals surface area contributed by atoms with E-state index in [4.69, 9.17) is 0 Å². The maximum absolute atomic E-state index is 12.7. The molecule has 2 heterocycles. The zero-order valence-corrected chi connectivity index (χ0v) is 17.9. The van der Waals surface area contributed by atoms with E-state index in [1.165, 1.54) is 18.3 Å². The van der Waals surface area contributed by atoms with Crippen molar-refractivity contribution in [3.05, 3.63) is 70.3 Å². The number of benzene rings is 2. The highest BCUT2D eigenvalue weighted by Crippen LogP contribution is 2.27. The average molecular weight is 469 g/mol. The van der Waals surface area contributed by atoms with Crippen LogP contribution in [0.2, 0.25) is 0 Å². The monoisotopic (exact) mass is 468 g/mol. The average Bonchev–Trinajstić information content (AvgIpc) is 3.26. The number of halogens is 1. The van der Waals surface area contributed by atoms with Gasteiger partial charge in [0.05, 0.1) is 23.5 Å². The van der Waals surface area contributed by atoms with Crippen LogP contribution in [0.5, 0.6) is 0 Å². The Morgan fingerprint density at radius 1 is 1.10 bits per heavy atom. The molecule has 2 amide bonds. The number of hydrogen-bond donors (Lipinski definition) is 2. The van der Waals surface area contributed by atoms with Crippen LogP contribution in [0.25, 0.3) is 16.2 Å². The van der Waals surface area contributed by atoms with Crippen LogP contribution in [0.3, 0.4) is 0 Å². The van der Waals surface area contributed by atoms with Crippen molar-refractivity contribution in [3.8, 4) is 11.3 Å². The van der Waals surface area contributed by atoms with Crippen molar-refractivity contribution >= 4 is 55.4 Å². The predicted octanol–water partition coefficient (Wildman–Crippen LogP) is 4.96. The molecule has 2 aromatic heterocycles. The number of rotatable bonds is 5. The summed E-state index contributed by atoms with van der Waals surface area (Å²) >= 11 is 4.89. The third-order valence-corrected chi connectivity index (χ3v) is 5.64. The molecule has 8 heteroatoms. The molecule has 4 aromatic rings. The smallest absolute Gasteiger partial charge is 0.230 e. The van der Waals surface area contributed by atoms with Crippen LogP contribution in [0.15, 0.2) is 64.6 Å². The van der Waals surface area contributed by atoms with Crippen molar-refractivity contribution in [2.45, 2.75) is 13.3 Å².